The van der Waals surface area contributed by atoms with Gasteiger partial charge < -0.3 is 10.4 Å². The zero-order valence-corrected chi connectivity index (χ0v) is 13.2. The fourth-order valence-electron chi connectivity index (χ4n) is 3.05. The van der Waals surface area contributed by atoms with E-state index in [9.17, 15) is 9.59 Å². The summed E-state index contributed by atoms with van der Waals surface area (Å²) in [6.45, 7) is 4.46. The minimum absolute atomic E-state index is 0.0625. The Kier molecular flexibility index (Phi) is 5.17. The topological polar surface area (TPSA) is 66.4 Å². The molecule has 0 saturated heterocycles. The lowest BCUT2D eigenvalue weighted by Crippen LogP contribution is -2.39. The monoisotopic (exact) mass is 307 g/mol. The summed E-state index contributed by atoms with van der Waals surface area (Å²) in [4.78, 5) is 23.5. The molecule has 21 heavy (non-hydrogen) atoms. The first-order valence-electron chi connectivity index (χ1n) is 7.24. The van der Waals surface area contributed by atoms with Gasteiger partial charge >= 0.3 is 5.97 Å². The van der Waals surface area contributed by atoms with Crippen molar-refractivity contribution in [2.75, 3.05) is 0 Å². The lowest BCUT2D eigenvalue weighted by atomic mass is 9.80. The molecule has 1 heterocycles. The van der Waals surface area contributed by atoms with Gasteiger partial charge in [-0.3, -0.25) is 4.79 Å². The minimum atomic E-state index is -0.986. The van der Waals surface area contributed by atoms with Crippen molar-refractivity contribution in [3.8, 4) is 0 Å². The normalized spacial score (nSPS) is 25.9. The van der Waals surface area contributed by atoms with Crippen LogP contribution in [0, 0.1) is 11.8 Å². The van der Waals surface area contributed by atoms with Crippen LogP contribution in [0.3, 0.4) is 0 Å². The first-order chi connectivity index (χ1) is 9.94. The molecular weight excluding hydrogens is 286 g/mol. The van der Waals surface area contributed by atoms with Gasteiger partial charge in [0.05, 0.1) is 5.56 Å². The van der Waals surface area contributed by atoms with Gasteiger partial charge in [0.2, 0.25) is 0 Å². The van der Waals surface area contributed by atoms with Crippen LogP contribution in [0.5, 0.6) is 0 Å². The molecule has 1 amide bonds. The Morgan fingerprint density at radius 3 is 2.57 bits per heavy atom. The zero-order chi connectivity index (χ0) is 15.4. The first kappa shape index (κ1) is 15.8. The van der Waals surface area contributed by atoms with Crippen LogP contribution in [0.15, 0.2) is 17.5 Å². The van der Waals surface area contributed by atoms with Crippen LogP contribution in [0.2, 0.25) is 0 Å². The Bertz CT molecular complexity index is 539. The van der Waals surface area contributed by atoms with E-state index in [4.69, 9.17) is 5.11 Å². The molecule has 0 spiro atoms. The summed E-state index contributed by atoms with van der Waals surface area (Å²) >= 11 is 1.37. The predicted octanol–water partition coefficient (Wildman–Crippen LogP) is 3.40. The molecule has 0 aromatic carbocycles. The summed E-state index contributed by atoms with van der Waals surface area (Å²) in [7, 11) is 0. The molecule has 0 aliphatic heterocycles. The largest absolute Gasteiger partial charge is 0.478 e. The molecule has 2 unspecified atom stereocenters. The molecule has 4 nitrogen and oxygen atoms in total. The van der Waals surface area contributed by atoms with Crippen LogP contribution in [-0.2, 0) is 4.79 Å². The standard InChI is InChI=1S/C16H21NO3S/c1-10-5-11(2)7-13(6-10)17-16(20)12-8-14(21-9-12)3-4-15(18)19/h3-4,8-11,13H,5-7H2,1-2H3,(H,17,20)(H,18,19). The SMILES string of the molecule is CC1CC(C)CC(NC(=O)c2csc(C=CC(=O)O)c2)C1. The second kappa shape index (κ2) is 6.89. The second-order valence-electron chi connectivity index (χ2n) is 6.00. The van der Waals surface area contributed by atoms with Gasteiger partial charge in [0.1, 0.15) is 0 Å². The Balaban J connectivity index is 1.95. The molecule has 2 atom stereocenters. The van der Waals surface area contributed by atoms with Gasteiger partial charge in [-0.1, -0.05) is 13.8 Å². The van der Waals surface area contributed by atoms with Crippen LogP contribution in [0.25, 0.3) is 6.08 Å². The first-order valence-corrected chi connectivity index (χ1v) is 8.12. The quantitative estimate of drug-likeness (QED) is 0.838. The number of thiophene rings is 1. The highest BCUT2D eigenvalue weighted by Crippen LogP contribution is 2.28. The molecule has 0 radical (unpaired) electrons. The van der Waals surface area contributed by atoms with Gasteiger partial charge in [0.25, 0.3) is 5.91 Å². The molecule has 1 aromatic heterocycles. The maximum atomic E-state index is 12.2. The van der Waals surface area contributed by atoms with Gasteiger partial charge in [-0.2, -0.15) is 0 Å². The molecule has 114 valence electrons. The van der Waals surface area contributed by atoms with Gasteiger partial charge in [-0.15, -0.1) is 11.3 Å². The summed E-state index contributed by atoms with van der Waals surface area (Å²) in [6, 6.07) is 1.98. The fourth-order valence-corrected chi connectivity index (χ4v) is 3.83. The van der Waals surface area contributed by atoms with Gasteiger partial charge in [0, 0.05) is 22.4 Å². The van der Waals surface area contributed by atoms with E-state index in [0.717, 1.165) is 23.8 Å². The number of hydrogen-bond acceptors (Lipinski definition) is 3. The van der Waals surface area contributed by atoms with Crippen molar-refractivity contribution in [1.82, 2.24) is 5.32 Å². The number of carboxylic acid groups (broad SMARTS) is 1. The summed E-state index contributed by atoms with van der Waals surface area (Å²) < 4.78 is 0. The average molecular weight is 307 g/mol. The lowest BCUT2D eigenvalue weighted by Gasteiger charge is -2.31. The van der Waals surface area contributed by atoms with Crippen molar-refractivity contribution in [2.45, 2.75) is 39.2 Å². The van der Waals surface area contributed by atoms with E-state index in [0.29, 0.717) is 17.4 Å². The number of rotatable bonds is 4. The highest BCUT2D eigenvalue weighted by atomic mass is 32.1. The molecule has 1 aliphatic rings. The van der Waals surface area contributed by atoms with Crippen LogP contribution >= 0.6 is 11.3 Å². The molecule has 5 heteroatoms. The number of aliphatic carboxylic acids is 1. The highest BCUT2D eigenvalue weighted by Gasteiger charge is 2.25. The van der Waals surface area contributed by atoms with E-state index in [2.05, 4.69) is 19.2 Å². The maximum absolute atomic E-state index is 12.2. The van der Waals surface area contributed by atoms with Crippen molar-refractivity contribution >= 4 is 29.3 Å². The van der Waals surface area contributed by atoms with E-state index in [1.54, 1.807) is 11.4 Å². The summed E-state index contributed by atoms with van der Waals surface area (Å²) in [6.07, 6.45) is 5.89. The highest BCUT2D eigenvalue weighted by molar-refractivity contribution is 7.11. The third-order valence-corrected chi connectivity index (χ3v) is 4.68. The summed E-state index contributed by atoms with van der Waals surface area (Å²) in [5, 5.41) is 13.5. The zero-order valence-electron chi connectivity index (χ0n) is 12.3. The van der Waals surface area contributed by atoms with E-state index < -0.39 is 5.97 Å². The summed E-state index contributed by atoms with van der Waals surface area (Å²) in [5.74, 6) is 0.248. The Morgan fingerprint density at radius 2 is 1.95 bits per heavy atom. The molecular formula is C16H21NO3S. The van der Waals surface area contributed by atoms with Gasteiger partial charge in [-0.05, 0) is 43.2 Å². The van der Waals surface area contributed by atoms with E-state index in [1.807, 2.05) is 0 Å². The van der Waals surface area contributed by atoms with Gasteiger partial charge in [0.15, 0.2) is 0 Å². The van der Waals surface area contributed by atoms with Crippen LogP contribution in [0.4, 0.5) is 0 Å². The molecule has 0 bridgehead atoms. The Labute approximate surface area is 128 Å². The number of carbonyl (C=O) groups is 2. The van der Waals surface area contributed by atoms with Crippen molar-refractivity contribution in [1.29, 1.82) is 0 Å². The molecule has 1 fully saturated rings. The number of hydrogen-bond donors (Lipinski definition) is 2. The van der Waals surface area contributed by atoms with Crippen molar-refractivity contribution in [3.63, 3.8) is 0 Å². The smallest absolute Gasteiger partial charge is 0.328 e. The number of carboxylic acids is 1. The molecule has 1 aliphatic carbocycles. The Hall–Kier alpha value is -1.62. The number of amides is 1. The minimum Gasteiger partial charge on any atom is -0.478 e. The summed E-state index contributed by atoms with van der Waals surface area (Å²) in [5.41, 5.74) is 0.607. The van der Waals surface area contributed by atoms with Crippen LogP contribution < -0.4 is 5.32 Å². The van der Waals surface area contributed by atoms with E-state index >= 15 is 0 Å². The predicted molar refractivity (Wildman–Crippen MR) is 84.4 cm³/mol. The number of nitrogens with one attached hydrogen (secondary N) is 1. The van der Waals surface area contributed by atoms with E-state index in [1.165, 1.54) is 23.8 Å². The molecule has 1 saturated carbocycles. The maximum Gasteiger partial charge on any atom is 0.328 e. The third-order valence-electron chi connectivity index (χ3n) is 3.79. The number of carbonyl (C=O) groups excluding carboxylic acids is 1. The average Bonchev–Trinajstić information content (AvgIpc) is 2.83. The van der Waals surface area contributed by atoms with Crippen LogP contribution in [0.1, 0.15) is 48.3 Å². The van der Waals surface area contributed by atoms with E-state index in [-0.39, 0.29) is 11.9 Å². The third kappa shape index (κ3) is 4.70. The molecule has 2 N–H and O–H groups in total. The fraction of sp³-hybridized carbons (Fsp3) is 0.500. The molecule has 2 rings (SSSR count). The van der Waals surface area contributed by atoms with Crippen molar-refractivity contribution in [3.05, 3.63) is 28.0 Å². The lowest BCUT2D eigenvalue weighted by molar-refractivity contribution is -0.131. The Morgan fingerprint density at radius 1 is 1.29 bits per heavy atom. The second-order valence-corrected chi connectivity index (χ2v) is 6.94. The van der Waals surface area contributed by atoms with Gasteiger partial charge in [-0.25, -0.2) is 4.79 Å². The van der Waals surface area contributed by atoms with Crippen molar-refractivity contribution < 1.29 is 14.7 Å². The van der Waals surface area contributed by atoms with Crippen LogP contribution in [-0.4, -0.2) is 23.0 Å². The molecule has 1 aromatic rings. The van der Waals surface area contributed by atoms with Crippen molar-refractivity contribution in [2.24, 2.45) is 11.8 Å².